The summed E-state index contributed by atoms with van der Waals surface area (Å²) in [5.41, 5.74) is 8.03. The van der Waals surface area contributed by atoms with E-state index in [2.05, 4.69) is 64.1 Å². The van der Waals surface area contributed by atoms with E-state index in [0.717, 1.165) is 102 Å². The molecule has 0 spiro atoms. The Kier molecular flexibility index (Phi) is 10.5. The molecule has 1 amide bonds. The van der Waals surface area contributed by atoms with Crippen molar-refractivity contribution in [3.05, 3.63) is 106 Å². The highest BCUT2D eigenvalue weighted by atomic mass is 35.5. The van der Waals surface area contributed by atoms with Crippen molar-refractivity contribution in [1.29, 1.82) is 0 Å². The van der Waals surface area contributed by atoms with Crippen LogP contribution in [0.2, 0.25) is 10.0 Å². The molecule has 2 atom stereocenters. The molecule has 0 aliphatic carbocycles. The number of piperidine rings is 1. The van der Waals surface area contributed by atoms with Crippen LogP contribution in [0, 0.1) is 5.92 Å². The molecule has 3 heterocycles. The molecule has 5 aromatic rings. The number of hydrogen-bond donors (Lipinski definition) is 2. The monoisotopic (exact) mass is 709 g/mol. The number of likely N-dealkylation sites (tertiary alicyclic amines) is 1. The Bertz CT molecular complexity index is 2010. The van der Waals surface area contributed by atoms with E-state index < -0.39 is 0 Å². The second-order valence-corrected chi connectivity index (χ2v) is 14.2. The lowest BCUT2D eigenvalue weighted by molar-refractivity contribution is -0.119. The zero-order valence-corrected chi connectivity index (χ0v) is 29.6. The lowest BCUT2D eigenvalue weighted by Crippen LogP contribution is -2.35. The zero-order chi connectivity index (χ0) is 34.6. The van der Waals surface area contributed by atoms with Gasteiger partial charge in [0.1, 0.15) is 12.0 Å². The Balaban J connectivity index is 1.09. The first-order chi connectivity index (χ1) is 24.4. The first-order valence-electron chi connectivity index (χ1n) is 17.3. The summed E-state index contributed by atoms with van der Waals surface area (Å²) in [5, 5.41) is 13.6. The second kappa shape index (κ2) is 15.4. The summed E-state index contributed by atoms with van der Waals surface area (Å²) in [4.78, 5) is 25.2. The maximum Gasteiger partial charge on any atom is 0.220 e. The summed E-state index contributed by atoms with van der Waals surface area (Å²) < 4.78 is 7.77. The van der Waals surface area contributed by atoms with E-state index in [1.54, 1.807) is 7.11 Å². The predicted octanol–water partition coefficient (Wildman–Crippen LogP) is 7.51. The average Bonchev–Trinajstić information content (AvgIpc) is 3.75. The summed E-state index contributed by atoms with van der Waals surface area (Å²) in [6, 6.07) is 25.0. The van der Waals surface area contributed by atoms with E-state index in [1.807, 2.05) is 35.1 Å². The normalized spacial score (nSPS) is 18.0. The van der Waals surface area contributed by atoms with Crippen molar-refractivity contribution < 1.29 is 14.3 Å². The summed E-state index contributed by atoms with van der Waals surface area (Å²) in [5.74, 6) is 0.999. The van der Waals surface area contributed by atoms with Gasteiger partial charge < -0.3 is 20.2 Å². The van der Waals surface area contributed by atoms with E-state index in [1.165, 1.54) is 5.56 Å². The SMILES string of the molecule is COc1cc(Cn2ncc3c(-c4cccc(-c5ccc(CNCC6CCC(=O)N6)cc5)c4Cl)cccc32)c(Cl)cc1CN1CCCC(C=O)C1. The van der Waals surface area contributed by atoms with Crippen molar-refractivity contribution in [2.45, 2.75) is 51.4 Å². The Labute approximate surface area is 302 Å². The van der Waals surface area contributed by atoms with Gasteiger partial charge in [0.2, 0.25) is 5.91 Å². The highest BCUT2D eigenvalue weighted by Gasteiger charge is 2.22. The first-order valence-corrected chi connectivity index (χ1v) is 18.0. The maximum absolute atomic E-state index is 11.5. The molecule has 50 heavy (non-hydrogen) atoms. The molecule has 2 aliphatic rings. The minimum atomic E-state index is 0.0826. The molecule has 8 nitrogen and oxygen atoms in total. The van der Waals surface area contributed by atoms with Crippen molar-refractivity contribution in [3.8, 4) is 28.0 Å². The number of aldehydes is 1. The number of nitrogens with one attached hydrogen (secondary N) is 2. The highest BCUT2D eigenvalue weighted by Crippen LogP contribution is 2.39. The van der Waals surface area contributed by atoms with Gasteiger partial charge in [-0.25, -0.2) is 0 Å². The number of amides is 1. The molecule has 10 heteroatoms. The Morgan fingerprint density at radius 3 is 2.56 bits per heavy atom. The minimum absolute atomic E-state index is 0.0826. The Morgan fingerprint density at radius 2 is 1.78 bits per heavy atom. The molecule has 2 fully saturated rings. The summed E-state index contributed by atoms with van der Waals surface area (Å²) in [7, 11) is 1.68. The van der Waals surface area contributed by atoms with E-state index in [0.29, 0.717) is 29.6 Å². The summed E-state index contributed by atoms with van der Waals surface area (Å²) >= 11 is 14.0. The number of benzene rings is 4. The molecule has 0 bridgehead atoms. The molecule has 7 rings (SSSR count). The fraction of sp³-hybridized carbons (Fsp3) is 0.325. The van der Waals surface area contributed by atoms with E-state index in [9.17, 15) is 9.59 Å². The fourth-order valence-corrected chi connectivity index (χ4v) is 7.85. The van der Waals surface area contributed by atoms with Gasteiger partial charge in [0, 0.05) is 71.7 Å². The van der Waals surface area contributed by atoms with Crippen LogP contribution in [0.25, 0.3) is 33.2 Å². The van der Waals surface area contributed by atoms with Crippen molar-refractivity contribution >= 4 is 46.3 Å². The molecule has 2 N–H and O–H groups in total. The van der Waals surface area contributed by atoms with Crippen molar-refractivity contribution in [2.75, 3.05) is 26.7 Å². The van der Waals surface area contributed by atoms with E-state index >= 15 is 0 Å². The molecule has 4 aromatic carbocycles. The number of ether oxygens (including phenoxy) is 1. The zero-order valence-electron chi connectivity index (χ0n) is 28.1. The number of rotatable bonds is 12. The lowest BCUT2D eigenvalue weighted by Gasteiger charge is -2.30. The molecule has 0 radical (unpaired) electrons. The summed E-state index contributed by atoms with van der Waals surface area (Å²) in [6.07, 6.45) is 6.43. The third-order valence-electron chi connectivity index (χ3n) is 9.94. The highest BCUT2D eigenvalue weighted by molar-refractivity contribution is 6.36. The largest absolute Gasteiger partial charge is 0.496 e. The smallest absolute Gasteiger partial charge is 0.220 e. The second-order valence-electron chi connectivity index (χ2n) is 13.4. The Hall–Kier alpha value is -4.21. The van der Waals surface area contributed by atoms with Gasteiger partial charge in [0.15, 0.2) is 0 Å². The maximum atomic E-state index is 11.5. The number of hydrogen-bond acceptors (Lipinski definition) is 6. The number of fused-ring (bicyclic) bond motifs is 1. The third-order valence-corrected chi connectivity index (χ3v) is 10.7. The number of halogens is 2. The molecule has 0 saturated carbocycles. The number of aromatic nitrogens is 2. The summed E-state index contributed by atoms with van der Waals surface area (Å²) in [6.45, 7) is 4.37. The van der Waals surface area contributed by atoms with Crippen LogP contribution in [-0.2, 0) is 29.2 Å². The molecule has 2 aliphatic heterocycles. The number of nitrogens with zero attached hydrogens (tertiary/aromatic N) is 3. The van der Waals surface area contributed by atoms with Gasteiger partial charge >= 0.3 is 0 Å². The van der Waals surface area contributed by atoms with Crippen LogP contribution in [0.15, 0.2) is 79.0 Å². The number of carbonyl (C=O) groups is 2. The molecule has 1 aromatic heterocycles. The molecular formula is C40H41Cl2N5O3. The van der Waals surface area contributed by atoms with Gasteiger partial charge in [-0.1, -0.05) is 77.8 Å². The van der Waals surface area contributed by atoms with Crippen LogP contribution in [0.5, 0.6) is 5.75 Å². The first kappa shape index (κ1) is 34.2. The number of carbonyl (C=O) groups excluding carboxylic acids is 2. The van der Waals surface area contributed by atoms with E-state index in [4.69, 9.17) is 33.0 Å². The quantitative estimate of drug-likeness (QED) is 0.130. The molecule has 2 unspecified atom stereocenters. The Morgan fingerprint density at radius 1 is 0.980 bits per heavy atom. The third kappa shape index (κ3) is 7.44. The van der Waals surface area contributed by atoms with Gasteiger partial charge in [-0.05, 0) is 66.3 Å². The van der Waals surface area contributed by atoms with Crippen LogP contribution in [0.1, 0.15) is 42.4 Å². The van der Waals surface area contributed by atoms with Crippen molar-refractivity contribution in [3.63, 3.8) is 0 Å². The van der Waals surface area contributed by atoms with Gasteiger partial charge in [-0.15, -0.1) is 0 Å². The van der Waals surface area contributed by atoms with Crippen LogP contribution >= 0.6 is 23.2 Å². The average molecular weight is 711 g/mol. The van der Waals surface area contributed by atoms with Gasteiger partial charge in [0.25, 0.3) is 0 Å². The molecule has 2 saturated heterocycles. The number of methoxy groups -OCH3 is 1. The predicted molar refractivity (Wildman–Crippen MR) is 200 cm³/mol. The van der Waals surface area contributed by atoms with Gasteiger partial charge in [-0.3, -0.25) is 14.4 Å². The fourth-order valence-electron chi connectivity index (χ4n) is 7.27. The van der Waals surface area contributed by atoms with Crippen LogP contribution < -0.4 is 15.4 Å². The van der Waals surface area contributed by atoms with E-state index in [-0.39, 0.29) is 17.9 Å². The molecule has 258 valence electrons. The lowest BCUT2D eigenvalue weighted by atomic mass is 9.96. The van der Waals surface area contributed by atoms with Crippen LogP contribution in [-0.4, -0.2) is 59.7 Å². The van der Waals surface area contributed by atoms with Crippen LogP contribution in [0.4, 0.5) is 0 Å². The van der Waals surface area contributed by atoms with Gasteiger partial charge in [-0.2, -0.15) is 5.10 Å². The minimum Gasteiger partial charge on any atom is -0.496 e. The van der Waals surface area contributed by atoms with Crippen LogP contribution in [0.3, 0.4) is 0 Å². The van der Waals surface area contributed by atoms with Crippen molar-refractivity contribution in [1.82, 2.24) is 25.3 Å². The standard InChI is InChI=1S/C40H41Cl2N5O3/c1-50-38-18-29(36(41)17-30(38)23-46-16-4-5-27(22-46)25-48)24-47-37-9-3-7-33(35(37)21-44-47)34-8-2-6-32(40(34)42)28-12-10-26(11-13-28)19-43-20-31-14-15-39(49)45-31/h2-3,6-13,17-18,21,25,27,31,43H,4-5,14-16,19-20,22-24H2,1H3,(H,45,49). The van der Waals surface area contributed by atoms with Gasteiger partial charge in [0.05, 0.1) is 30.4 Å². The topological polar surface area (TPSA) is 88.5 Å². The molecular weight excluding hydrogens is 669 g/mol. The van der Waals surface area contributed by atoms with Crippen molar-refractivity contribution in [2.24, 2.45) is 5.92 Å².